The number of rotatable bonds is 7. The molecule has 0 nitrogen and oxygen atoms in total. The first-order valence-electron chi connectivity index (χ1n) is 8.82. The first kappa shape index (κ1) is 18.7. The third-order valence-electron chi connectivity index (χ3n) is 4.48. The molecule has 0 fully saturated rings. The Morgan fingerprint density at radius 3 is 2.32 bits per heavy atom. The van der Waals surface area contributed by atoms with Crippen LogP contribution >= 0.6 is 0 Å². The summed E-state index contributed by atoms with van der Waals surface area (Å²) in [4.78, 5) is 0. The van der Waals surface area contributed by atoms with Crippen LogP contribution in [0, 0.1) is 6.92 Å². The van der Waals surface area contributed by atoms with Crippen LogP contribution in [0.15, 0.2) is 91.1 Å². The molecule has 0 aromatic heterocycles. The van der Waals surface area contributed by atoms with E-state index in [0.717, 1.165) is 12.8 Å². The summed E-state index contributed by atoms with van der Waals surface area (Å²) >= 11 is 0. The average molecular weight is 328 g/mol. The molecule has 128 valence electrons. The van der Waals surface area contributed by atoms with Gasteiger partial charge in [0.2, 0.25) is 0 Å². The van der Waals surface area contributed by atoms with Crippen molar-refractivity contribution in [2.45, 2.75) is 33.6 Å². The van der Waals surface area contributed by atoms with Crippen LogP contribution in [0.2, 0.25) is 0 Å². The molecule has 2 aromatic carbocycles. The molecule has 0 saturated carbocycles. The van der Waals surface area contributed by atoms with E-state index in [2.05, 4.69) is 94.6 Å². The van der Waals surface area contributed by atoms with Gasteiger partial charge < -0.3 is 0 Å². The SMILES string of the molecule is C=C/C(C)=C\C=C(/C)CCC(=C)c1c(C)cccc1-c1ccccc1. The highest BCUT2D eigenvalue weighted by molar-refractivity contribution is 5.82. The van der Waals surface area contributed by atoms with Gasteiger partial charge in [-0.05, 0) is 61.4 Å². The van der Waals surface area contributed by atoms with Crippen molar-refractivity contribution in [3.8, 4) is 11.1 Å². The van der Waals surface area contributed by atoms with E-state index in [-0.39, 0.29) is 0 Å². The highest BCUT2D eigenvalue weighted by Crippen LogP contribution is 2.33. The van der Waals surface area contributed by atoms with Crippen molar-refractivity contribution in [1.29, 1.82) is 0 Å². The van der Waals surface area contributed by atoms with Crippen molar-refractivity contribution in [3.63, 3.8) is 0 Å². The molecule has 0 unspecified atom stereocenters. The van der Waals surface area contributed by atoms with E-state index in [0.29, 0.717) is 0 Å². The summed E-state index contributed by atoms with van der Waals surface area (Å²) in [7, 11) is 0. The van der Waals surface area contributed by atoms with Gasteiger partial charge in [-0.1, -0.05) is 91.1 Å². The van der Waals surface area contributed by atoms with Gasteiger partial charge in [0.25, 0.3) is 0 Å². The fourth-order valence-corrected chi connectivity index (χ4v) is 2.89. The first-order valence-corrected chi connectivity index (χ1v) is 8.82. The normalized spacial score (nSPS) is 12.1. The Hall–Kier alpha value is -2.60. The number of benzene rings is 2. The van der Waals surface area contributed by atoms with Crippen molar-refractivity contribution in [2.24, 2.45) is 0 Å². The smallest absolute Gasteiger partial charge is 0.0106 e. The second kappa shape index (κ2) is 9.03. The van der Waals surface area contributed by atoms with E-state index in [4.69, 9.17) is 0 Å². The summed E-state index contributed by atoms with van der Waals surface area (Å²) in [6.45, 7) is 14.6. The largest absolute Gasteiger partial charge is 0.0988 e. The lowest BCUT2D eigenvalue weighted by atomic mass is 9.89. The summed E-state index contributed by atoms with van der Waals surface area (Å²) < 4.78 is 0. The molecule has 2 rings (SSSR count). The highest BCUT2D eigenvalue weighted by Gasteiger charge is 2.10. The minimum atomic E-state index is 0.966. The maximum atomic E-state index is 4.40. The molecule has 0 aliphatic carbocycles. The molecule has 0 radical (unpaired) electrons. The molecule has 0 heteroatoms. The van der Waals surface area contributed by atoms with E-state index in [9.17, 15) is 0 Å². The number of aryl methyl sites for hydroxylation is 1. The molecule has 0 N–H and O–H groups in total. The monoisotopic (exact) mass is 328 g/mol. The van der Waals surface area contributed by atoms with Crippen molar-refractivity contribution >= 4 is 5.57 Å². The van der Waals surface area contributed by atoms with Gasteiger partial charge in [-0.2, -0.15) is 0 Å². The second-order valence-electron chi connectivity index (χ2n) is 6.59. The maximum absolute atomic E-state index is 4.40. The molecule has 0 spiro atoms. The lowest BCUT2D eigenvalue weighted by Crippen LogP contribution is -1.94. The highest BCUT2D eigenvalue weighted by atomic mass is 14.1. The minimum Gasteiger partial charge on any atom is -0.0988 e. The van der Waals surface area contributed by atoms with Crippen LogP contribution in [0.5, 0.6) is 0 Å². The summed E-state index contributed by atoms with van der Waals surface area (Å²) in [5.74, 6) is 0. The Bertz CT molecular complexity index is 801. The zero-order chi connectivity index (χ0) is 18.2. The summed E-state index contributed by atoms with van der Waals surface area (Å²) in [6.07, 6.45) is 8.16. The molecule has 0 atom stereocenters. The van der Waals surface area contributed by atoms with Crippen molar-refractivity contribution < 1.29 is 0 Å². The van der Waals surface area contributed by atoms with E-state index < -0.39 is 0 Å². The molecular weight excluding hydrogens is 300 g/mol. The third-order valence-corrected chi connectivity index (χ3v) is 4.48. The lowest BCUT2D eigenvalue weighted by molar-refractivity contribution is 0.992. The van der Waals surface area contributed by atoms with Crippen LogP contribution in [0.1, 0.15) is 37.8 Å². The summed E-state index contributed by atoms with van der Waals surface area (Å²) in [6, 6.07) is 17.1. The van der Waals surface area contributed by atoms with Gasteiger partial charge in [0.1, 0.15) is 0 Å². The van der Waals surface area contributed by atoms with Crippen molar-refractivity contribution in [3.05, 3.63) is 102 Å². The van der Waals surface area contributed by atoms with Gasteiger partial charge in [-0.25, -0.2) is 0 Å². The van der Waals surface area contributed by atoms with Gasteiger partial charge >= 0.3 is 0 Å². The molecule has 2 aromatic rings. The zero-order valence-electron chi connectivity index (χ0n) is 15.7. The predicted molar refractivity (Wildman–Crippen MR) is 113 cm³/mol. The van der Waals surface area contributed by atoms with E-state index in [1.807, 2.05) is 6.08 Å². The van der Waals surface area contributed by atoms with Crippen LogP contribution in [-0.2, 0) is 0 Å². The van der Waals surface area contributed by atoms with Gasteiger partial charge in [0.15, 0.2) is 0 Å². The summed E-state index contributed by atoms with van der Waals surface area (Å²) in [5, 5.41) is 0. The van der Waals surface area contributed by atoms with Crippen LogP contribution in [0.4, 0.5) is 0 Å². The van der Waals surface area contributed by atoms with Crippen LogP contribution in [0.3, 0.4) is 0 Å². The number of hydrogen-bond acceptors (Lipinski definition) is 0. The molecule has 0 aliphatic heterocycles. The molecule has 0 heterocycles. The van der Waals surface area contributed by atoms with Gasteiger partial charge in [-0.3, -0.25) is 0 Å². The molecule has 0 saturated heterocycles. The van der Waals surface area contributed by atoms with Crippen LogP contribution < -0.4 is 0 Å². The molecular formula is C25H28. The average Bonchev–Trinajstić information content (AvgIpc) is 2.64. The van der Waals surface area contributed by atoms with Gasteiger partial charge in [-0.15, -0.1) is 0 Å². The van der Waals surface area contributed by atoms with Crippen LogP contribution in [0.25, 0.3) is 16.7 Å². The van der Waals surface area contributed by atoms with Gasteiger partial charge in [0.05, 0.1) is 0 Å². The quantitative estimate of drug-likeness (QED) is 0.461. The molecule has 0 amide bonds. The fourth-order valence-electron chi connectivity index (χ4n) is 2.89. The Labute approximate surface area is 152 Å². The van der Waals surface area contributed by atoms with Crippen molar-refractivity contribution in [2.75, 3.05) is 0 Å². The Morgan fingerprint density at radius 2 is 1.64 bits per heavy atom. The topological polar surface area (TPSA) is 0 Å². The number of allylic oxidation sites excluding steroid dienone is 6. The van der Waals surface area contributed by atoms with Crippen LogP contribution in [-0.4, -0.2) is 0 Å². The Kier molecular flexibility index (Phi) is 6.77. The Balaban J connectivity index is 2.21. The van der Waals surface area contributed by atoms with E-state index >= 15 is 0 Å². The standard InChI is InChI=1S/C25H28/c1-6-19(2)15-16-20(3)17-18-22(5)25-21(4)11-10-14-24(25)23-12-8-7-9-13-23/h6-16H,1,5,17-18H2,2-4H3/b19-15-,20-16+. The second-order valence-corrected chi connectivity index (χ2v) is 6.59. The Morgan fingerprint density at radius 1 is 0.920 bits per heavy atom. The third kappa shape index (κ3) is 5.19. The van der Waals surface area contributed by atoms with Gasteiger partial charge in [0, 0.05) is 0 Å². The molecule has 25 heavy (non-hydrogen) atoms. The minimum absolute atomic E-state index is 0.966. The van der Waals surface area contributed by atoms with E-state index in [1.165, 1.54) is 39.0 Å². The van der Waals surface area contributed by atoms with E-state index in [1.54, 1.807) is 0 Å². The van der Waals surface area contributed by atoms with Crippen molar-refractivity contribution in [1.82, 2.24) is 0 Å². The lowest BCUT2D eigenvalue weighted by Gasteiger charge is -2.15. The predicted octanol–water partition coefficient (Wildman–Crippen LogP) is 7.53. The zero-order valence-corrected chi connectivity index (χ0v) is 15.7. The molecule has 0 aliphatic rings. The molecule has 0 bridgehead atoms. The maximum Gasteiger partial charge on any atom is -0.0106 e. The first-order chi connectivity index (χ1) is 12.0. The summed E-state index contributed by atoms with van der Waals surface area (Å²) in [5.41, 5.74) is 8.85. The fraction of sp³-hybridized carbons (Fsp3) is 0.200. The number of hydrogen-bond donors (Lipinski definition) is 0.